The average Bonchev–Trinajstić information content (AvgIpc) is 1.93. The van der Waals surface area contributed by atoms with Gasteiger partial charge in [0.05, 0.1) is 0 Å². The van der Waals surface area contributed by atoms with Gasteiger partial charge in [-0.05, 0) is 31.1 Å². The summed E-state index contributed by atoms with van der Waals surface area (Å²) in [6.45, 7) is 2.29. The van der Waals surface area contributed by atoms with Crippen LogP contribution in [0.4, 0.5) is 0 Å². The minimum Gasteiger partial charge on any atom is -0.147 e. The van der Waals surface area contributed by atoms with Crippen molar-refractivity contribution in [1.82, 2.24) is 0 Å². The molecule has 0 bridgehead atoms. The Morgan fingerprint density at radius 1 is 1.17 bits per heavy atom. The quantitative estimate of drug-likeness (QED) is 0.453. The first-order chi connectivity index (χ1) is 5.43. The predicted octanol–water partition coefficient (Wildman–Crippen LogP) is 4.22. The van der Waals surface area contributed by atoms with Crippen molar-refractivity contribution in [2.75, 3.05) is 6.16 Å². The van der Waals surface area contributed by atoms with Gasteiger partial charge in [-0.25, -0.2) is 0 Å². The van der Waals surface area contributed by atoms with Gasteiger partial charge < -0.3 is 0 Å². The highest BCUT2D eigenvalue weighted by atomic mass is 35.5. The third-order valence-corrected chi connectivity index (χ3v) is 4.37. The summed E-state index contributed by atoms with van der Waals surface area (Å²) in [6.07, 6.45) is 12.0. The third kappa shape index (κ3) is 5.38. The molecule has 0 nitrogen and oxygen atoms in total. The molecule has 0 aliphatic heterocycles. The molecular weight excluding hydrogens is 187 g/mol. The third-order valence-electron chi connectivity index (χ3n) is 2.57. The largest absolute Gasteiger partial charge is 0.147 e. The van der Waals surface area contributed by atoms with Crippen molar-refractivity contribution in [1.29, 1.82) is 0 Å². The lowest BCUT2D eigenvalue weighted by molar-refractivity contribution is 0.517. The topological polar surface area (TPSA) is 0 Å². The fraction of sp³-hybridized carbons (Fsp3) is 1.00. The van der Waals surface area contributed by atoms with Crippen molar-refractivity contribution in [3.05, 3.63) is 0 Å². The maximum absolute atomic E-state index is 2.29. The van der Waals surface area contributed by atoms with E-state index in [2.05, 4.69) is 6.92 Å². The lowest BCUT2D eigenvalue weighted by Crippen LogP contribution is -2.11. The molecule has 12 heavy (non-hydrogen) atoms. The van der Waals surface area contributed by atoms with Crippen molar-refractivity contribution in [3.63, 3.8) is 0 Å². The maximum Gasteiger partial charge on any atom is -0.0237 e. The molecule has 2 heteroatoms. The Balaban J connectivity index is 0.00000121. The second kappa shape index (κ2) is 8.32. The van der Waals surface area contributed by atoms with E-state index in [0.29, 0.717) is 0 Å². The second-order valence-electron chi connectivity index (χ2n) is 3.64. The molecule has 1 unspecified atom stereocenters. The van der Waals surface area contributed by atoms with Crippen LogP contribution in [0.5, 0.6) is 0 Å². The standard InChI is InChI=1S/C10H21P.ClH/c1-2-3-4-5-9-11-10-7-6-8-10;/h10-11H,2-9H2,1H3;1H. The summed E-state index contributed by atoms with van der Waals surface area (Å²) < 4.78 is 0. The Kier molecular flexibility index (Phi) is 8.82. The molecule has 0 amide bonds. The summed E-state index contributed by atoms with van der Waals surface area (Å²) in [5.41, 5.74) is 1.16. The maximum atomic E-state index is 2.29. The Bertz CT molecular complexity index is 91.8. The normalized spacial score (nSPS) is 17.8. The van der Waals surface area contributed by atoms with E-state index in [1.54, 1.807) is 12.8 Å². The summed E-state index contributed by atoms with van der Waals surface area (Å²) >= 11 is 0. The van der Waals surface area contributed by atoms with Crippen LogP contribution in [-0.4, -0.2) is 11.8 Å². The summed E-state index contributed by atoms with van der Waals surface area (Å²) in [5, 5.41) is 0. The van der Waals surface area contributed by atoms with Crippen molar-refractivity contribution in [3.8, 4) is 0 Å². The van der Waals surface area contributed by atoms with Gasteiger partial charge in [0.25, 0.3) is 0 Å². The number of halogens is 1. The summed E-state index contributed by atoms with van der Waals surface area (Å²) in [7, 11) is 1.30. The van der Waals surface area contributed by atoms with Crippen LogP contribution in [0, 0.1) is 0 Å². The van der Waals surface area contributed by atoms with E-state index < -0.39 is 0 Å². The zero-order chi connectivity index (χ0) is 7.94. The highest BCUT2D eigenvalue weighted by molar-refractivity contribution is 7.38. The first kappa shape index (κ1) is 12.7. The number of rotatable bonds is 6. The molecule has 0 aromatic rings. The molecule has 1 aliphatic rings. The first-order valence-corrected chi connectivity index (χ1v) is 6.45. The van der Waals surface area contributed by atoms with Crippen LogP contribution in [0.25, 0.3) is 0 Å². The minimum absolute atomic E-state index is 0. The van der Waals surface area contributed by atoms with Gasteiger partial charge in [0.1, 0.15) is 0 Å². The van der Waals surface area contributed by atoms with E-state index in [4.69, 9.17) is 0 Å². The zero-order valence-corrected chi connectivity index (χ0v) is 9.96. The molecule has 0 saturated heterocycles. The monoisotopic (exact) mass is 208 g/mol. The van der Waals surface area contributed by atoms with Gasteiger partial charge in [0.15, 0.2) is 0 Å². The van der Waals surface area contributed by atoms with E-state index in [1.807, 2.05) is 0 Å². The Morgan fingerprint density at radius 3 is 2.42 bits per heavy atom. The molecule has 1 aliphatic carbocycles. The van der Waals surface area contributed by atoms with Crippen LogP contribution in [0.15, 0.2) is 0 Å². The Hall–Kier alpha value is 0.720. The average molecular weight is 209 g/mol. The molecular formula is C10H22ClP. The van der Waals surface area contributed by atoms with Crippen LogP contribution >= 0.6 is 21.0 Å². The SMILES string of the molecule is CCCCCCPC1CCC1.Cl. The fourth-order valence-corrected chi connectivity index (χ4v) is 3.15. The molecule has 0 aromatic heterocycles. The molecule has 0 radical (unpaired) electrons. The number of unbranched alkanes of at least 4 members (excludes halogenated alkanes) is 3. The molecule has 74 valence electrons. The number of hydrogen-bond donors (Lipinski definition) is 0. The molecule has 0 aromatic carbocycles. The van der Waals surface area contributed by atoms with Gasteiger partial charge in [0.2, 0.25) is 0 Å². The summed E-state index contributed by atoms with van der Waals surface area (Å²) in [5.74, 6) is 0. The summed E-state index contributed by atoms with van der Waals surface area (Å²) in [4.78, 5) is 0. The summed E-state index contributed by atoms with van der Waals surface area (Å²) in [6, 6.07) is 0. The van der Waals surface area contributed by atoms with Gasteiger partial charge in [-0.1, -0.05) is 32.6 Å². The highest BCUT2D eigenvalue weighted by Gasteiger charge is 2.15. The van der Waals surface area contributed by atoms with E-state index >= 15 is 0 Å². The van der Waals surface area contributed by atoms with E-state index in [0.717, 1.165) is 5.66 Å². The number of hydrogen-bond acceptors (Lipinski definition) is 0. The van der Waals surface area contributed by atoms with Crippen molar-refractivity contribution >= 4 is 21.0 Å². The molecule has 1 saturated carbocycles. The molecule has 1 rings (SSSR count). The van der Waals surface area contributed by atoms with Gasteiger partial charge in [-0.2, -0.15) is 0 Å². The predicted molar refractivity (Wildman–Crippen MR) is 62.2 cm³/mol. The van der Waals surface area contributed by atoms with Crippen LogP contribution in [0.3, 0.4) is 0 Å². The van der Waals surface area contributed by atoms with Crippen molar-refractivity contribution in [2.45, 2.75) is 57.5 Å². The smallest absolute Gasteiger partial charge is 0.0237 e. The molecule has 0 spiro atoms. The fourth-order valence-electron chi connectivity index (χ4n) is 1.47. The Morgan fingerprint density at radius 2 is 1.92 bits per heavy atom. The Labute approximate surface area is 85.1 Å². The first-order valence-electron chi connectivity index (χ1n) is 5.17. The van der Waals surface area contributed by atoms with Gasteiger partial charge in [0, 0.05) is 0 Å². The molecule has 0 heterocycles. The minimum atomic E-state index is 0. The molecule has 1 fully saturated rings. The van der Waals surface area contributed by atoms with Gasteiger partial charge in [-0.15, -0.1) is 21.0 Å². The lowest BCUT2D eigenvalue weighted by atomic mass is 10.00. The van der Waals surface area contributed by atoms with Crippen molar-refractivity contribution < 1.29 is 0 Å². The van der Waals surface area contributed by atoms with E-state index in [1.165, 1.54) is 46.8 Å². The van der Waals surface area contributed by atoms with Gasteiger partial charge >= 0.3 is 0 Å². The second-order valence-corrected chi connectivity index (χ2v) is 5.37. The van der Waals surface area contributed by atoms with Crippen LogP contribution in [0.2, 0.25) is 0 Å². The van der Waals surface area contributed by atoms with Crippen LogP contribution in [-0.2, 0) is 0 Å². The lowest BCUT2D eigenvalue weighted by Gasteiger charge is -2.25. The molecule has 1 atom stereocenters. The van der Waals surface area contributed by atoms with Gasteiger partial charge in [-0.3, -0.25) is 0 Å². The molecule has 0 N–H and O–H groups in total. The van der Waals surface area contributed by atoms with Crippen LogP contribution < -0.4 is 0 Å². The van der Waals surface area contributed by atoms with Crippen LogP contribution in [0.1, 0.15) is 51.9 Å². The van der Waals surface area contributed by atoms with E-state index in [-0.39, 0.29) is 12.4 Å². The van der Waals surface area contributed by atoms with E-state index in [9.17, 15) is 0 Å². The highest BCUT2D eigenvalue weighted by Crippen LogP contribution is 2.36. The van der Waals surface area contributed by atoms with Crippen molar-refractivity contribution in [2.24, 2.45) is 0 Å². The zero-order valence-electron chi connectivity index (χ0n) is 8.14.